The van der Waals surface area contributed by atoms with Gasteiger partial charge in [0.1, 0.15) is 0 Å². The first kappa shape index (κ1) is 16.6. The Morgan fingerprint density at radius 3 is 1.84 bits per heavy atom. The van der Waals surface area contributed by atoms with E-state index in [4.69, 9.17) is 14.2 Å². The van der Waals surface area contributed by atoms with Crippen molar-refractivity contribution in [2.45, 2.75) is 32.1 Å². The number of nitrogens with one attached hydrogen (secondary N) is 1. The van der Waals surface area contributed by atoms with Gasteiger partial charge < -0.3 is 19.5 Å². The van der Waals surface area contributed by atoms with Gasteiger partial charge >= 0.3 is 0 Å². The van der Waals surface area contributed by atoms with Crippen LogP contribution in [0.25, 0.3) is 0 Å². The van der Waals surface area contributed by atoms with Crippen LogP contribution in [0.15, 0.2) is 12.1 Å². The third-order valence-electron chi connectivity index (χ3n) is 6.46. The monoisotopic (exact) mass is 345 g/mol. The molecule has 1 N–H and O–H groups in total. The lowest BCUT2D eigenvalue weighted by atomic mass is 9.51. The smallest absolute Gasteiger partial charge is 0.228 e. The van der Waals surface area contributed by atoms with Gasteiger partial charge in [0, 0.05) is 23.7 Å². The number of benzene rings is 1. The minimum atomic E-state index is 0.156. The molecule has 4 aliphatic carbocycles. The van der Waals surface area contributed by atoms with Crippen LogP contribution in [0.5, 0.6) is 17.2 Å². The van der Waals surface area contributed by atoms with E-state index in [1.54, 1.807) is 33.5 Å². The number of carbonyl (C=O) groups is 1. The molecule has 4 bridgehead atoms. The molecule has 4 aliphatic rings. The number of methoxy groups -OCH3 is 3. The van der Waals surface area contributed by atoms with Crippen LogP contribution >= 0.6 is 0 Å². The highest BCUT2D eigenvalue weighted by atomic mass is 16.5. The lowest BCUT2D eigenvalue weighted by Crippen LogP contribution is -2.49. The first-order valence-electron chi connectivity index (χ1n) is 9.23. The molecule has 4 fully saturated rings. The summed E-state index contributed by atoms with van der Waals surface area (Å²) in [6.07, 6.45) is 6.34. The van der Waals surface area contributed by atoms with Gasteiger partial charge in [-0.25, -0.2) is 0 Å². The Hall–Kier alpha value is -1.91. The minimum absolute atomic E-state index is 0.156. The standard InChI is InChI=1S/C20H27NO4/c1-23-16-9-15(10-17(24-2)19(16)25-3)21-20(22)18-13-5-11-4-12(7-13)8-14(18)6-11/h9-14,18H,4-8H2,1-3H3,(H,21,22). The molecule has 0 spiro atoms. The quantitative estimate of drug-likeness (QED) is 0.883. The van der Waals surface area contributed by atoms with Crippen LogP contribution in [-0.2, 0) is 4.79 Å². The van der Waals surface area contributed by atoms with E-state index in [0.29, 0.717) is 34.8 Å². The normalized spacial score (nSPS) is 32.4. The molecular formula is C20H27NO4. The second-order valence-corrected chi connectivity index (χ2v) is 7.86. The van der Waals surface area contributed by atoms with Crippen molar-refractivity contribution in [3.8, 4) is 17.2 Å². The molecule has 0 atom stereocenters. The van der Waals surface area contributed by atoms with Crippen molar-refractivity contribution < 1.29 is 19.0 Å². The van der Waals surface area contributed by atoms with Crippen molar-refractivity contribution in [1.82, 2.24) is 0 Å². The predicted molar refractivity (Wildman–Crippen MR) is 95.3 cm³/mol. The lowest BCUT2D eigenvalue weighted by Gasteiger charge is -2.53. The van der Waals surface area contributed by atoms with E-state index in [1.165, 1.54) is 32.1 Å². The third kappa shape index (κ3) is 2.83. The van der Waals surface area contributed by atoms with Crippen LogP contribution in [0, 0.1) is 29.6 Å². The van der Waals surface area contributed by atoms with Crippen molar-refractivity contribution in [2.24, 2.45) is 29.6 Å². The van der Waals surface area contributed by atoms with Crippen LogP contribution in [0.4, 0.5) is 5.69 Å². The van der Waals surface area contributed by atoms with Gasteiger partial charge in [0.25, 0.3) is 0 Å². The average Bonchev–Trinajstić information content (AvgIpc) is 2.59. The summed E-state index contributed by atoms with van der Waals surface area (Å²) in [5, 5.41) is 3.12. The number of anilines is 1. The first-order chi connectivity index (χ1) is 12.1. The molecule has 25 heavy (non-hydrogen) atoms. The highest BCUT2D eigenvalue weighted by Crippen LogP contribution is 2.56. The summed E-state index contributed by atoms with van der Waals surface area (Å²) in [5.41, 5.74) is 0.702. The van der Waals surface area contributed by atoms with Crippen molar-refractivity contribution in [3.05, 3.63) is 12.1 Å². The van der Waals surface area contributed by atoms with Crippen molar-refractivity contribution in [1.29, 1.82) is 0 Å². The van der Waals surface area contributed by atoms with Crippen LogP contribution in [-0.4, -0.2) is 27.2 Å². The second-order valence-electron chi connectivity index (χ2n) is 7.86. The Bertz CT molecular complexity index is 619. The van der Waals surface area contributed by atoms with E-state index in [1.807, 2.05) is 0 Å². The molecule has 0 saturated heterocycles. The van der Waals surface area contributed by atoms with Crippen LogP contribution in [0.3, 0.4) is 0 Å². The van der Waals surface area contributed by atoms with Gasteiger partial charge in [-0.1, -0.05) is 0 Å². The zero-order valence-electron chi connectivity index (χ0n) is 15.2. The zero-order chi connectivity index (χ0) is 17.6. The summed E-state index contributed by atoms with van der Waals surface area (Å²) in [7, 11) is 4.74. The molecule has 1 amide bonds. The van der Waals surface area contributed by atoms with Gasteiger partial charge in [-0.2, -0.15) is 0 Å². The van der Waals surface area contributed by atoms with Gasteiger partial charge in [-0.15, -0.1) is 0 Å². The maximum Gasteiger partial charge on any atom is 0.228 e. The third-order valence-corrected chi connectivity index (χ3v) is 6.46. The molecule has 1 aromatic carbocycles. The Labute approximate surface area is 149 Å². The topological polar surface area (TPSA) is 56.8 Å². The molecule has 0 unspecified atom stereocenters. The number of carbonyl (C=O) groups excluding carboxylic acids is 1. The average molecular weight is 345 g/mol. The second kappa shape index (κ2) is 6.43. The van der Waals surface area contributed by atoms with Crippen molar-refractivity contribution in [3.63, 3.8) is 0 Å². The van der Waals surface area contributed by atoms with Gasteiger partial charge in [-0.05, 0) is 55.8 Å². The van der Waals surface area contributed by atoms with Gasteiger partial charge in [0.2, 0.25) is 11.7 Å². The molecular weight excluding hydrogens is 318 g/mol. The highest BCUT2D eigenvalue weighted by Gasteiger charge is 2.50. The maximum atomic E-state index is 13.0. The summed E-state index contributed by atoms with van der Waals surface area (Å²) in [6.45, 7) is 0. The molecule has 5 heteroatoms. The van der Waals surface area contributed by atoms with E-state index in [-0.39, 0.29) is 11.8 Å². The van der Waals surface area contributed by atoms with E-state index in [9.17, 15) is 4.79 Å². The highest BCUT2D eigenvalue weighted by molar-refractivity contribution is 5.94. The summed E-state index contributed by atoms with van der Waals surface area (Å²) >= 11 is 0. The Morgan fingerprint density at radius 1 is 0.880 bits per heavy atom. The fraction of sp³-hybridized carbons (Fsp3) is 0.650. The van der Waals surface area contributed by atoms with Gasteiger partial charge in [0.05, 0.1) is 21.3 Å². The predicted octanol–water partition coefficient (Wildman–Crippen LogP) is 3.72. The first-order valence-corrected chi connectivity index (χ1v) is 9.23. The Balaban J connectivity index is 1.55. The lowest BCUT2D eigenvalue weighted by molar-refractivity contribution is -0.132. The van der Waals surface area contributed by atoms with Crippen LogP contribution in [0.2, 0.25) is 0 Å². The van der Waals surface area contributed by atoms with Crippen LogP contribution in [0.1, 0.15) is 32.1 Å². The van der Waals surface area contributed by atoms with Crippen molar-refractivity contribution in [2.75, 3.05) is 26.6 Å². The largest absolute Gasteiger partial charge is 0.493 e. The molecule has 0 aromatic heterocycles. The molecule has 5 nitrogen and oxygen atoms in total. The molecule has 0 heterocycles. The van der Waals surface area contributed by atoms with Crippen LogP contribution < -0.4 is 19.5 Å². The molecule has 5 rings (SSSR count). The van der Waals surface area contributed by atoms with E-state index < -0.39 is 0 Å². The fourth-order valence-electron chi connectivity index (χ4n) is 5.73. The maximum absolute atomic E-state index is 13.0. The molecule has 1 aromatic rings. The van der Waals surface area contributed by atoms with Gasteiger partial charge in [-0.3, -0.25) is 4.79 Å². The summed E-state index contributed by atoms with van der Waals surface area (Å²) in [5.74, 6) is 4.84. The number of ether oxygens (including phenoxy) is 3. The van der Waals surface area contributed by atoms with Gasteiger partial charge in [0.15, 0.2) is 11.5 Å². The molecule has 136 valence electrons. The number of hydrogen-bond donors (Lipinski definition) is 1. The zero-order valence-corrected chi connectivity index (χ0v) is 15.2. The SMILES string of the molecule is COc1cc(NC(=O)C2C3CC4CC(C3)CC2C4)cc(OC)c1OC. The van der Waals surface area contributed by atoms with E-state index in [0.717, 1.165) is 11.8 Å². The summed E-state index contributed by atoms with van der Waals surface area (Å²) in [4.78, 5) is 13.0. The van der Waals surface area contributed by atoms with Crippen molar-refractivity contribution >= 4 is 11.6 Å². The summed E-state index contributed by atoms with van der Waals surface area (Å²) < 4.78 is 16.1. The Morgan fingerprint density at radius 2 is 1.40 bits per heavy atom. The summed E-state index contributed by atoms with van der Waals surface area (Å²) in [6, 6.07) is 3.60. The number of hydrogen-bond acceptors (Lipinski definition) is 4. The fourth-order valence-corrected chi connectivity index (χ4v) is 5.73. The number of rotatable bonds is 5. The minimum Gasteiger partial charge on any atom is -0.493 e. The van der Waals surface area contributed by atoms with E-state index in [2.05, 4.69) is 5.32 Å². The Kier molecular flexibility index (Phi) is 4.26. The molecule has 0 aliphatic heterocycles. The van der Waals surface area contributed by atoms with E-state index >= 15 is 0 Å². The number of amides is 1. The molecule has 4 saturated carbocycles. The molecule has 0 radical (unpaired) electrons.